The third-order valence-corrected chi connectivity index (χ3v) is 7.54. The summed E-state index contributed by atoms with van der Waals surface area (Å²) in [4.78, 5) is 13.0. The van der Waals surface area contributed by atoms with Crippen LogP contribution in [-0.2, 0) is 10.0 Å². The van der Waals surface area contributed by atoms with E-state index in [1.165, 1.54) is 0 Å². The van der Waals surface area contributed by atoms with Crippen LogP contribution in [0, 0.1) is 5.92 Å². The van der Waals surface area contributed by atoms with Gasteiger partial charge in [-0.25, -0.2) is 8.42 Å². The molecule has 0 bridgehead atoms. The Bertz CT molecular complexity index is 965. The predicted octanol–water partition coefficient (Wildman–Crippen LogP) is 4.93. The predicted molar refractivity (Wildman–Crippen MR) is 123 cm³/mol. The van der Waals surface area contributed by atoms with E-state index < -0.39 is 10.0 Å². The molecule has 1 aliphatic heterocycles. The summed E-state index contributed by atoms with van der Waals surface area (Å²) in [7, 11) is -3.50. The summed E-state index contributed by atoms with van der Waals surface area (Å²) in [6.45, 7) is 5.95. The average molecular weight is 445 g/mol. The lowest BCUT2D eigenvalue weighted by atomic mass is 10.0. The molecule has 0 unspecified atom stereocenters. The number of ether oxygens (including phenoxy) is 1. The van der Waals surface area contributed by atoms with Crippen molar-refractivity contribution in [2.24, 2.45) is 5.92 Å². The first-order valence-corrected chi connectivity index (χ1v) is 12.5. The van der Waals surface area contributed by atoms with Gasteiger partial charge < -0.3 is 10.1 Å². The highest BCUT2D eigenvalue weighted by molar-refractivity contribution is 7.89. The standard InChI is InChI=1S/C24H32N2O4S/c1-3-4-7-18-30-23-9-6-5-8-22(23)24(27)25-20-10-12-21(13-11-20)31(28,29)26-16-14-19(2)15-17-26/h5-6,8-13,19H,3-4,7,14-18H2,1-2H3,(H,25,27). The van der Waals surface area contributed by atoms with Crippen molar-refractivity contribution in [3.8, 4) is 5.75 Å². The fraction of sp³-hybridized carbons (Fsp3) is 0.458. The fourth-order valence-corrected chi connectivity index (χ4v) is 5.07. The maximum absolute atomic E-state index is 12.9. The quantitative estimate of drug-likeness (QED) is 0.557. The van der Waals surface area contributed by atoms with Gasteiger partial charge in [-0.05, 0) is 61.6 Å². The number of unbranched alkanes of at least 4 members (excludes halogenated alkanes) is 2. The topological polar surface area (TPSA) is 75.7 Å². The molecule has 1 heterocycles. The molecular formula is C24H32N2O4S. The van der Waals surface area contributed by atoms with E-state index in [2.05, 4.69) is 19.2 Å². The van der Waals surface area contributed by atoms with Gasteiger partial charge in [0.25, 0.3) is 5.91 Å². The Balaban J connectivity index is 1.65. The molecule has 2 aromatic carbocycles. The highest BCUT2D eigenvalue weighted by Crippen LogP contribution is 2.25. The molecule has 168 valence electrons. The van der Waals surface area contributed by atoms with Crippen LogP contribution in [-0.4, -0.2) is 38.3 Å². The van der Waals surface area contributed by atoms with Gasteiger partial charge >= 0.3 is 0 Å². The third kappa shape index (κ3) is 6.08. The lowest BCUT2D eigenvalue weighted by Gasteiger charge is -2.29. The van der Waals surface area contributed by atoms with E-state index in [0.717, 1.165) is 32.1 Å². The van der Waals surface area contributed by atoms with Gasteiger partial charge in [-0.3, -0.25) is 4.79 Å². The number of rotatable bonds is 9. The Morgan fingerprint density at radius 2 is 1.74 bits per heavy atom. The van der Waals surface area contributed by atoms with Crippen molar-refractivity contribution in [1.82, 2.24) is 4.31 Å². The Morgan fingerprint density at radius 1 is 1.06 bits per heavy atom. The first kappa shape index (κ1) is 23.3. The molecule has 0 spiro atoms. The van der Waals surface area contributed by atoms with E-state index in [0.29, 0.717) is 42.6 Å². The van der Waals surface area contributed by atoms with E-state index in [9.17, 15) is 13.2 Å². The molecule has 7 heteroatoms. The first-order valence-electron chi connectivity index (χ1n) is 11.0. The molecule has 0 radical (unpaired) electrons. The molecule has 1 saturated heterocycles. The number of carbonyl (C=O) groups excluding carboxylic acids is 1. The molecule has 0 aliphatic carbocycles. The number of hydrogen-bond donors (Lipinski definition) is 1. The van der Waals surface area contributed by atoms with Crippen LogP contribution in [0.2, 0.25) is 0 Å². The van der Waals surface area contributed by atoms with Gasteiger partial charge in [0.1, 0.15) is 5.75 Å². The van der Waals surface area contributed by atoms with Gasteiger partial charge in [0, 0.05) is 18.8 Å². The number of benzene rings is 2. The van der Waals surface area contributed by atoms with Gasteiger partial charge in [0.15, 0.2) is 0 Å². The highest BCUT2D eigenvalue weighted by Gasteiger charge is 2.28. The Kier molecular flexibility index (Phi) is 8.09. The van der Waals surface area contributed by atoms with E-state index in [1.807, 2.05) is 6.07 Å². The van der Waals surface area contributed by atoms with Crippen LogP contribution < -0.4 is 10.1 Å². The molecule has 0 saturated carbocycles. The lowest BCUT2D eigenvalue weighted by Crippen LogP contribution is -2.37. The number of nitrogens with one attached hydrogen (secondary N) is 1. The maximum Gasteiger partial charge on any atom is 0.259 e. The average Bonchev–Trinajstić information content (AvgIpc) is 2.77. The number of anilines is 1. The van der Waals surface area contributed by atoms with Crippen molar-refractivity contribution in [2.45, 2.75) is 50.8 Å². The zero-order valence-electron chi connectivity index (χ0n) is 18.3. The largest absolute Gasteiger partial charge is 0.493 e. The zero-order chi connectivity index (χ0) is 22.3. The summed E-state index contributed by atoms with van der Waals surface area (Å²) in [6, 6.07) is 13.5. The second-order valence-electron chi connectivity index (χ2n) is 8.12. The minimum Gasteiger partial charge on any atom is -0.493 e. The van der Waals surface area contributed by atoms with Crippen LogP contribution in [0.25, 0.3) is 0 Å². The van der Waals surface area contributed by atoms with Gasteiger partial charge in [-0.2, -0.15) is 4.31 Å². The van der Waals surface area contributed by atoms with Gasteiger partial charge in [0.05, 0.1) is 17.1 Å². The van der Waals surface area contributed by atoms with E-state index in [1.54, 1.807) is 46.8 Å². The fourth-order valence-electron chi connectivity index (χ4n) is 3.60. The SMILES string of the molecule is CCCCCOc1ccccc1C(=O)Nc1ccc(S(=O)(=O)N2CCC(C)CC2)cc1. The number of carbonyl (C=O) groups is 1. The van der Waals surface area contributed by atoms with Crippen molar-refractivity contribution >= 4 is 21.6 Å². The summed E-state index contributed by atoms with van der Waals surface area (Å²) >= 11 is 0. The van der Waals surface area contributed by atoms with Gasteiger partial charge in [0.2, 0.25) is 10.0 Å². The van der Waals surface area contributed by atoms with Crippen molar-refractivity contribution in [3.63, 3.8) is 0 Å². The molecule has 1 N–H and O–H groups in total. The monoisotopic (exact) mass is 444 g/mol. The molecule has 6 nitrogen and oxygen atoms in total. The van der Waals surface area contributed by atoms with Crippen LogP contribution >= 0.6 is 0 Å². The molecular weight excluding hydrogens is 412 g/mol. The Labute approximate surface area is 185 Å². The Morgan fingerprint density at radius 3 is 2.42 bits per heavy atom. The van der Waals surface area contributed by atoms with E-state index in [-0.39, 0.29) is 10.8 Å². The second-order valence-corrected chi connectivity index (χ2v) is 10.1. The molecule has 2 aromatic rings. The number of piperidine rings is 1. The number of sulfonamides is 1. The summed E-state index contributed by atoms with van der Waals surface area (Å²) in [5.41, 5.74) is 0.995. The van der Waals surface area contributed by atoms with Crippen LogP contribution in [0.15, 0.2) is 53.4 Å². The van der Waals surface area contributed by atoms with E-state index in [4.69, 9.17) is 4.74 Å². The second kappa shape index (κ2) is 10.8. The van der Waals surface area contributed by atoms with Crippen molar-refractivity contribution < 1.29 is 17.9 Å². The molecule has 31 heavy (non-hydrogen) atoms. The van der Waals surface area contributed by atoms with Gasteiger partial charge in [-0.1, -0.05) is 38.8 Å². The minimum absolute atomic E-state index is 0.250. The number of amides is 1. The van der Waals surface area contributed by atoms with Crippen molar-refractivity contribution in [3.05, 3.63) is 54.1 Å². The number of hydrogen-bond acceptors (Lipinski definition) is 4. The molecule has 1 fully saturated rings. The lowest BCUT2D eigenvalue weighted by molar-refractivity contribution is 0.102. The number of para-hydroxylation sites is 1. The van der Waals surface area contributed by atoms with Gasteiger partial charge in [-0.15, -0.1) is 0 Å². The van der Waals surface area contributed by atoms with Crippen LogP contribution in [0.4, 0.5) is 5.69 Å². The smallest absolute Gasteiger partial charge is 0.259 e. The summed E-state index contributed by atoms with van der Waals surface area (Å²) in [5.74, 6) is 0.823. The van der Waals surface area contributed by atoms with Crippen molar-refractivity contribution in [2.75, 3.05) is 25.0 Å². The number of nitrogens with zero attached hydrogens (tertiary/aromatic N) is 1. The Hall–Kier alpha value is -2.38. The minimum atomic E-state index is -3.50. The molecule has 1 amide bonds. The molecule has 3 rings (SSSR count). The molecule has 0 atom stereocenters. The maximum atomic E-state index is 12.9. The van der Waals surface area contributed by atoms with Crippen LogP contribution in [0.1, 0.15) is 56.3 Å². The normalized spacial score (nSPS) is 15.5. The van der Waals surface area contributed by atoms with Crippen molar-refractivity contribution in [1.29, 1.82) is 0 Å². The van der Waals surface area contributed by atoms with E-state index >= 15 is 0 Å². The summed E-state index contributed by atoms with van der Waals surface area (Å²) in [5, 5.41) is 2.84. The zero-order valence-corrected chi connectivity index (χ0v) is 19.2. The highest BCUT2D eigenvalue weighted by atomic mass is 32.2. The summed E-state index contributed by atoms with van der Waals surface area (Å²) in [6.07, 6.45) is 4.90. The molecule has 0 aromatic heterocycles. The first-order chi connectivity index (χ1) is 14.9. The third-order valence-electron chi connectivity index (χ3n) is 5.63. The van der Waals surface area contributed by atoms with Crippen LogP contribution in [0.3, 0.4) is 0 Å². The molecule has 1 aliphatic rings. The van der Waals surface area contributed by atoms with Crippen LogP contribution in [0.5, 0.6) is 5.75 Å². The summed E-state index contributed by atoms with van der Waals surface area (Å²) < 4.78 is 33.1.